The predicted octanol–water partition coefficient (Wildman–Crippen LogP) is 3.80. The van der Waals surface area contributed by atoms with Gasteiger partial charge in [0, 0.05) is 5.39 Å². The van der Waals surface area contributed by atoms with Crippen LogP contribution in [-0.2, 0) is 0 Å². The van der Waals surface area contributed by atoms with Gasteiger partial charge in [0.25, 0.3) is 0 Å². The fourth-order valence-corrected chi connectivity index (χ4v) is 2.95. The standard InChI is InChI=1S/C17H17N3O/c18-12-17(10-3-4-11-17)20-16(21)19-15-9-5-7-13-6-1-2-8-14(13)15/h1-2,5-9H,3-4,10-11H2,(H2,19,20,21). The Kier molecular flexibility index (Phi) is 3.49. The van der Waals surface area contributed by atoms with E-state index in [-0.39, 0.29) is 6.03 Å². The van der Waals surface area contributed by atoms with Gasteiger partial charge in [-0.25, -0.2) is 4.79 Å². The minimum Gasteiger partial charge on any atom is -0.319 e. The summed E-state index contributed by atoms with van der Waals surface area (Å²) < 4.78 is 0. The Labute approximate surface area is 123 Å². The van der Waals surface area contributed by atoms with Crippen molar-refractivity contribution >= 4 is 22.5 Å². The van der Waals surface area contributed by atoms with Crippen molar-refractivity contribution in [3.63, 3.8) is 0 Å². The van der Waals surface area contributed by atoms with Gasteiger partial charge in [0.15, 0.2) is 0 Å². The molecule has 1 saturated carbocycles. The lowest BCUT2D eigenvalue weighted by Crippen LogP contribution is -2.47. The molecule has 0 unspecified atom stereocenters. The van der Waals surface area contributed by atoms with Crippen LogP contribution in [0.25, 0.3) is 10.8 Å². The largest absolute Gasteiger partial charge is 0.320 e. The maximum Gasteiger partial charge on any atom is 0.320 e. The molecule has 0 aromatic heterocycles. The van der Waals surface area contributed by atoms with Crippen LogP contribution in [0.3, 0.4) is 0 Å². The van der Waals surface area contributed by atoms with Crippen LogP contribution in [0.5, 0.6) is 0 Å². The second kappa shape index (κ2) is 5.45. The topological polar surface area (TPSA) is 64.9 Å². The fraction of sp³-hybridized carbons (Fsp3) is 0.294. The van der Waals surface area contributed by atoms with Crippen LogP contribution in [0, 0.1) is 11.3 Å². The second-order valence-electron chi connectivity index (χ2n) is 5.51. The van der Waals surface area contributed by atoms with Crippen molar-refractivity contribution in [1.29, 1.82) is 5.26 Å². The Balaban J connectivity index is 1.79. The highest BCUT2D eigenvalue weighted by molar-refractivity contribution is 6.01. The molecule has 21 heavy (non-hydrogen) atoms. The lowest BCUT2D eigenvalue weighted by molar-refractivity contribution is 0.244. The van der Waals surface area contributed by atoms with E-state index < -0.39 is 5.54 Å². The summed E-state index contributed by atoms with van der Waals surface area (Å²) >= 11 is 0. The van der Waals surface area contributed by atoms with Crippen molar-refractivity contribution in [2.75, 3.05) is 5.32 Å². The fourth-order valence-electron chi connectivity index (χ4n) is 2.95. The van der Waals surface area contributed by atoms with Gasteiger partial charge in [-0.1, -0.05) is 36.4 Å². The lowest BCUT2D eigenvalue weighted by atomic mass is 10.0. The summed E-state index contributed by atoms with van der Waals surface area (Å²) in [6.07, 6.45) is 3.43. The third-order valence-corrected chi connectivity index (χ3v) is 4.06. The predicted molar refractivity (Wildman–Crippen MR) is 82.9 cm³/mol. The van der Waals surface area contributed by atoms with E-state index in [0.29, 0.717) is 0 Å². The number of rotatable bonds is 2. The molecule has 2 amide bonds. The van der Waals surface area contributed by atoms with E-state index in [2.05, 4.69) is 16.7 Å². The molecule has 1 aliphatic rings. The number of hydrogen-bond acceptors (Lipinski definition) is 2. The molecular formula is C17H17N3O. The maximum absolute atomic E-state index is 12.2. The molecular weight excluding hydrogens is 262 g/mol. The van der Waals surface area contributed by atoms with Gasteiger partial charge in [-0.2, -0.15) is 5.26 Å². The zero-order chi connectivity index (χ0) is 14.7. The Morgan fingerprint density at radius 2 is 1.81 bits per heavy atom. The van der Waals surface area contributed by atoms with E-state index in [1.54, 1.807) is 0 Å². The summed E-state index contributed by atoms with van der Waals surface area (Å²) in [5, 5.41) is 17.1. The minimum absolute atomic E-state index is 0.310. The highest BCUT2D eigenvalue weighted by Gasteiger charge is 2.35. The Hall–Kier alpha value is -2.54. The molecule has 3 rings (SSSR count). The minimum atomic E-state index is -0.700. The Morgan fingerprint density at radius 3 is 2.57 bits per heavy atom. The van der Waals surface area contributed by atoms with Crippen LogP contribution < -0.4 is 10.6 Å². The third kappa shape index (κ3) is 2.68. The molecule has 0 saturated heterocycles. The first-order valence-corrected chi connectivity index (χ1v) is 7.21. The average molecular weight is 279 g/mol. The van der Waals surface area contributed by atoms with Gasteiger partial charge in [0.1, 0.15) is 5.54 Å². The van der Waals surface area contributed by atoms with Crippen LogP contribution in [0.1, 0.15) is 25.7 Å². The number of nitrogens with one attached hydrogen (secondary N) is 2. The summed E-state index contributed by atoms with van der Waals surface area (Å²) in [5.74, 6) is 0. The summed E-state index contributed by atoms with van der Waals surface area (Å²) in [4.78, 5) is 12.2. The van der Waals surface area contributed by atoms with Gasteiger partial charge in [-0.05, 0) is 37.1 Å². The van der Waals surface area contributed by atoms with Gasteiger partial charge in [0.05, 0.1) is 11.8 Å². The number of fused-ring (bicyclic) bond motifs is 1. The van der Waals surface area contributed by atoms with Crippen molar-refractivity contribution in [3.05, 3.63) is 42.5 Å². The van der Waals surface area contributed by atoms with Gasteiger partial charge < -0.3 is 10.6 Å². The SMILES string of the molecule is N#CC1(NC(=O)Nc2cccc3ccccc23)CCCC1. The number of amides is 2. The van der Waals surface area contributed by atoms with Crippen LogP contribution in [-0.4, -0.2) is 11.6 Å². The number of nitrogens with zero attached hydrogens (tertiary/aromatic N) is 1. The molecule has 0 radical (unpaired) electrons. The number of hydrogen-bond donors (Lipinski definition) is 2. The van der Waals surface area contributed by atoms with Crippen LogP contribution in [0.15, 0.2) is 42.5 Å². The zero-order valence-electron chi connectivity index (χ0n) is 11.7. The monoisotopic (exact) mass is 279 g/mol. The van der Waals surface area contributed by atoms with Crippen molar-refractivity contribution in [3.8, 4) is 6.07 Å². The van der Waals surface area contributed by atoms with Crippen molar-refractivity contribution in [2.24, 2.45) is 0 Å². The number of carbonyl (C=O) groups excluding carboxylic acids is 1. The zero-order valence-corrected chi connectivity index (χ0v) is 11.7. The molecule has 4 heteroatoms. The van der Waals surface area contributed by atoms with E-state index in [1.807, 2.05) is 42.5 Å². The Bertz CT molecular complexity index is 706. The van der Waals surface area contributed by atoms with E-state index in [1.165, 1.54) is 0 Å². The van der Waals surface area contributed by atoms with Gasteiger partial charge in [-0.15, -0.1) is 0 Å². The smallest absolute Gasteiger partial charge is 0.319 e. The van der Waals surface area contributed by atoms with E-state index in [4.69, 9.17) is 0 Å². The number of benzene rings is 2. The molecule has 0 aliphatic heterocycles. The van der Waals surface area contributed by atoms with Crippen molar-refractivity contribution < 1.29 is 4.79 Å². The first-order valence-electron chi connectivity index (χ1n) is 7.21. The molecule has 0 atom stereocenters. The lowest BCUT2D eigenvalue weighted by Gasteiger charge is -2.22. The molecule has 106 valence electrons. The summed E-state index contributed by atoms with van der Waals surface area (Å²) in [6.45, 7) is 0. The maximum atomic E-state index is 12.2. The second-order valence-corrected chi connectivity index (χ2v) is 5.51. The molecule has 2 aromatic carbocycles. The molecule has 0 heterocycles. The van der Waals surface area contributed by atoms with Crippen LogP contribution in [0.2, 0.25) is 0 Å². The molecule has 1 fully saturated rings. The third-order valence-electron chi connectivity index (χ3n) is 4.06. The summed E-state index contributed by atoms with van der Waals surface area (Å²) in [5.41, 5.74) is 0.0611. The first kappa shape index (κ1) is 13.4. The van der Waals surface area contributed by atoms with Gasteiger partial charge in [0.2, 0.25) is 0 Å². The summed E-state index contributed by atoms with van der Waals surface area (Å²) in [7, 11) is 0. The summed E-state index contributed by atoms with van der Waals surface area (Å²) in [6, 6.07) is 15.6. The molecule has 2 N–H and O–H groups in total. The van der Waals surface area contributed by atoms with E-state index in [9.17, 15) is 10.1 Å². The number of carbonyl (C=O) groups is 1. The van der Waals surface area contributed by atoms with Gasteiger partial charge >= 0.3 is 6.03 Å². The van der Waals surface area contributed by atoms with Crippen molar-refractivity contribution in [1.82, 2.24) is 5.32 Å². The highest BCUT2D eigenvalue weighted by atomic mass is 16.2. The van der Waals surface area contributed by atoms with Crippen molar-refractivity contribution in [2.45, 2.75) is 31.2 Å². The number of urea groups is 1. The number of nitriles is 1. The van der Waals surface area contributed by atoms with E-state index in [0.717, 1.165) is 42.1 Å². The van der Waals surface area contributed by atoms with Gasteiger partial charge in [-0.3, -0.25) is 0 Å². The molecule has 4 nitrogen and oxygen atoms in total. The van der Waals surface area contributed by atoms with Crippen LogP contribution >= 0.6 is 0 Å². The van der Waals surface area contributed by atoms with Crippen LogP contribution in [0.4, 0.5) is 10.5 Å². The molecule has 2 aromatic rings. The molecule has 0 spiro atoms. The molecule has 1 aliphatic carbocycles. The first-order chi connectivity index (χ1) is 10.2. The normalized spacial score (nSPS) is 16.3. The Morgan fingerprint density at radius 1 is 1.10 bits per heavy atom. The average Bonchev–Trinajstić information content (AvgIpc) is 2.96. The molecule has 0 bridgehead atoms. The quantitative estimate of drug-likeness (QED) is 0.878. The number of anilines is 1. The van der Waals surface area contributed by atoms with E-state index >= 15 is 0 Å². The highest BCUT2D eigenvalue weighted by Crippen LogP contribution is 2.29.